The summed E-state index contributed by atoms with van der Waals surface area (Å²) in [6.45, 7) is 9.78. The van der Waals surface area contributed by atoms with Crippen molar-refractivity contribution < 1.29 is 9.47 Å². The summed E-state index contributed by atoms with van der Waals surface area (Å²) in [5.74, 6) is 4.09. The average Bonchev–Trinajstić information content (AvgIpc) is 2.94. The molecule has 0 aliphatic heterocycles. The molecule has 43 heavy (non-hydrogen) atoms. The van der Waals surface area contributed by atoms with Crippen LogP contribution in [0, 0.1) is 0 Å². The third kappa shape index (κ3) is 12.4. The van der Waals surface area contributed by atoms with E-state index in [4.69, 9.17) is 55.3 Å². The van der Waals surface area contributed by atoms with E-state index < -0.39 is 27.4 Å². The summed E-state index contributed by atoms with van der Waals surface area (Å²) in [4.78, 5) is 0. The van der Waals surface area contributed by atoms with Gasteiger partial charge in [-0.25, -0.2) is 0 Å². The fourth-order valence-electron chi connectivity index (χ4n) is 4.35. The summed E-state index contributed by atoms with van der Waals surface area (Å²) in [6, 6.07) is 8.80. The van der Waals surface area contributed by atoms with Gasteiger partial charge in [0.15, 0.2) is 0 Å². The average molecular weight is 673 g/mol. The van der Waals surface area contributed by atoms with E-state index in [0.29, 0.717) is 36.2 Å². The van der Waals surface area contributed by atoms with E-state index >= 15 is 0 Å². The number of rotatable bonds is 20. The minimum atomic E-state index is -0.510. The summed E-state index contributed by atoms with van der Waals surface area (Å²) in [7, 11) is 0. The monoisotopic (exact) mass is 672 g/mol. The van der Waals surface area contributed by atoms with Gasteiger partial charge in [-0.2, -0.15) is 0 Å². The van der Waals surface area contributed by atoms with E-state index in [9.17, 15) is 0 Å². The van der Waals surface area contributed by atoms with E-state index in [1.807, 2.05) is 0 Å². The maximum absolute atomic E-state index is 6.30. The van der Waals surface area contributed by atoms with Gasteiger partial charge in [-0.1, -0.05) is 52.0 Å². The highest BCUT2D eigenvalue weighted by Gasteiger charge is 2.29. The zero-order valence-electron chi connectivity index (χ0n) is 25.8. The molecule has 0 radical (unpaired) electrons. The number of nitrogens with two attached hydrogens (primary N) is 8. The van der Waals surface area contributed by atoms with Gasteiger partial charge < -0.3 is 55.3 Å². The molecule has 0 saturated heterocycles. The van der Waals surface area contributed by atoms with Gasteiger partial charge in [0.2, 0.25) is 0 Å². The van der Waals surface area contributed by atoms with E-state index in [2.05, 4.69) is 52.0 Å². The topological polar surface area (TPSA) is 227 Å². The lowest BCUT2D eigenvalue weighted by molar-refractivity contribution is 0.312. The summed E-state index contributed by atoms with van der Waals surface area (Å²) in [6.07, 6.45) is 1.76. The van der Waals surface area contributed by atoms with Crippen LogP contribution in [0.3, 0.4) is 0 Å². The normalized spacial score (nSPS) is 12.3. The van der Waals surface area contributed by atoms with Crippen molar-refractivity contribution in [2.24, 2.45) is 45.9 Å². The minimum absolute atomic E-state index is 0.421. The lowest BCUT2D eigenvalue weighted by Gasteiger charge is -2.31. The van der Waals surface area contributed by atoms with E-state index in [1.165, 1.54) is 47.0 Å². The molecule has 0 aliphatic carbocycles. The lowest BCUT2D eigenvalue weighted by Crippen LogP contribution is -2.27. The molecule has 0 spiro atoms. The van der Waals surface area contributed by atoms with Gasteiger partial charge in [0, 0.05) is 50.7 Å². The Hall–Kier alpha value is -0.880. The van der Waals surface area contributed by atoms with Gasteiger partial charge in [0.1, 0.15) is 33.5 Å². The first-order valence-electron chi connectivity index (χ1n) is 14.4. The molecular formula is C29H52N8O2S4. The van der Waals surface area contributed by atoms with Crippen molar-refractivity contribution in [3.8, 4) is 11.5 Å². The number of benzene rings is 2. The molecule has 244 valence electrons. The van der Waals surface area contributed by atoms with Crippen LogP contribution in [0.1, 0.15) is 73.9 Å². The molecule has 0 saturated carbocycles. The van der Waals surface area contributed by atoms with Crippen molar-refractivity contribution >= 4 is 47.0 Å². The van der Waals surface area contributed by atoms with Crippen LogP contribution < -0.4 is 55.3 Å². The summed E-state index contributed by atoms with van der Waals surface area (Å²) in [5.41, 5.74) is 51.4. The first-order valence-corrected chi connectivity index (χ1v) is 18.6. The number of thioether (sulfide) groups is 4. The lowest BCUT2D eigenvalue weighted by atomic mass is 9.76. The second-order valence-corrected chi connectivity index (χ2v) is 15.3. The van der Waals surface area contributed by atoms with Gasteiger partial charge in [-0.15, -0.1) is 47.0 Å². The van der Waals surface area contributed by atoms with Crippen molar-refractivity contribution in [2.45, 2.75) is 91.0 Å². The molecule has 2 aromatic carbocycles. The highest BCUT2D eigenvalue weighted by Crippen LogP contribution is 2.42. The zero-order chi connectivity index (χ0) is 32.2. The molecule has 0 unspecified atom stereocenters. The largest absolute Gasteiger partial charge is 0.493 e. The van der Waals surface area contributed by atoms with Crippen LogP contribution in [0.15, 0.2) is 24.3 Å². The van der Waals surface area contributed by atoms with E-state index in [1.54, 1.807) is 0 Å². The molecule has 0 atom stereocenters. The predicted molar refractivity (Wildman–Crippen MR) is 190 cm³/mol. The Bertz CT molecular complexity index is 984. The molecule has 0 bridgehead atoms. The fraction of sp³-hybridized carbons (Fsp3) is 0.586. The molecule has 0 amide bonds. The molecule has 2 rings (SSSR count). The van der Waals surface area contributed by atoms with Crippen LogP contribution in [0.4, 0.5) is 0 Å². The third-order valence-electron chi connectivity index (χ3n) is 6.56. The highest BCUT2D eigenvalue weighted by molar-refractivity contribution is 7.99. The Morgan fingerprint density at radius 3 is 1.00 bits per heavy atom. The van der Waals surface area contributed by atoms with Crippen molar-refractivity contribution in [1.82, 2.24) is 0 Å². The quantitative estimate of drug-likeness (QED) is 0.0945. The van der Waals surface area contributed by atoms with Crippen molar-refractivity contribution in [3.05, 3.63) is 57.6 Å². The Balaban J connectivity index is 2.77. The predicted octanol–water partition coefficient (Wildman–Crippen LogP) is 3.33. The number of hydrogen-bond acceptors (Lipinski definition) is 14. The Labute approximate surface area is 274 Å². The van der Waals surface area contributed by atoms with Crippen LogP contribution in [0.25, 0.3) is 0 Å². The Morgan fingerprint density at radius 1 is 0.535 bits per heavy atom. The molecule has 0 aromatic heterocycles. The molecule has 14 heteroatoms. The fourth-order valence-corrected chi connectivity index (χ4v) is 6.69. The third-order valence-corrected chi connectivity index (χ3v) is 10.0. The maximum Gasteiger partial charge on any atom is 0.127 e. The van der Waals surface area contributed by atoms with Crippen LogP contribution in [0.2, 0.25) is 0 Å². The van der Waals surface area contributed by atoms with Gasteiger partial charge in [-0.3, -0.25) is 0 Å². The molecule has 0 heterocycles. The Morgan fingerprint density at radius 2 is 0.791 bits per heavy atom. The maximum atomic E-state index is 6.30. The van der Waals surface area contributed by atoms with Gasteiger partial charge in [0.05, 0.1) is 13.2 Å². The SMILES string of the molecule is CCCOc1c(CSC(N)N)cc(C(C)(C)c2cc(CSC(N)N)c(OCCC)c(CSC(N)N)c2)cc1CSC(N)N. The number of hydrogen-bond donors (Lipinski definition) is 8. The van der Waals surface area contributed by atoms with Gasteiger partial charge in [-0.05, 0) is 24.0 Å². The van der Waals surface area contributed by atoms with Crippen molar-refractivity contribution in [2.75, 3.05) is 13.2 Å². The minimum Gasteiger partial charge on any atom is -0.493 e. The van der Waals surface area contributed by atoms with Gasteiger partial charge in [0.25, 0.3) is 0 Å². The second kappa shape index (κ2) is 18.9. The van der Waals surface area contributed by atoms with Crippen LogP contribution in [-0.4, -0.2) is 35.2 Å². The highest BCUT2D eigenvalue weighted by atomic mass is 32.2. The second-order valence-electron chi connectivity index (χ2n) is 10.7. The van der Waals surface area contributed by atoms with Crippen LogP contribution in [0.5, 0.6) is 11.5 Å². The standard InChI is InChI=1S/C29H52N8O2S4/c1-5-7-38-23-17(13-40-25(30)31)9-21(10-18(23)14-41-26(32)33)29(3,4)22-11-19(15-42-27(34)35)24(39-8-6-2)20(12-22)16-43-28(36)37/h9-12,25-28H,5-8,13-16,30-37H2,1-4H3. The van der Waals surface area contributed by atoms with Crippen molar-refractivity contribution in [1.29, 1.82) is 0 Å². The van der Waals surface area contributed by atoms with Crippen LogP contribution in [-0.2, 0) is 28.4 Å². The van der Waals surface area contributed by atoms with E-state index in [0.717, 1.165) is 57.7 Å². The van der Waals surface area contributed by atoms with Gasteiger partial charge >= 0.3 is 0 Å². The summed E-state index contributed by atoms with van der Waals surface area (Å²) in [5, 5.41) is 0. The molecule has 0 fully saturated rings. The molecular weight excluding hydrogens is 621 g/mol. The molecule has 0 aliphatic rings. The van der Waals surface area contributed by atoms with E-state index in [-0.39, 0.29) is 0 Å². The Kier molecular flexibility index (Phi) is 16.9. The smallest absolute Gasteiger partial charge is 0.127 e. The molecule has 10 nitrogen and oxygen atoms in total. The first kappa shape index (κ1) is 38.3. The zero-order valence-corrected chi connectivity index (χ0v) is 29.1. The van der Waals surface area contributed by atoms with Crippen molar-refractivity contribution in [3.63, 3.8) is 0 Å². The summed E-state index contributed by atoms with van der Waals surface area (Å²) >= 11 is 5.85. The summed E-state index contributed by atoms with van der Waals surface area (Å²) < 4.78 is 12.6. The van der Waals surface area contributed by atoms with Crippen LogP contribution >= 0.6 is 47.0 Å². The molecule has 2 aromatic rings. The number of ether oxygens (including phenoxy) is 2. The molecule has 16 N–H and O–H groups in total. The first-order chi connectivity index (χ1) is 20.3.